The lowest BCUT2D eigenvalue weighted by atomic mass is 9.86. The van der Waals surface area contributed by atoms with Crippen LogP contribution in [0.15, 0.2) is 54.6 Å². The number of amides is 2. The Morgan fingerprint density at radius 3 is 2.29 bits per heavy atom. The number of hydrogen-bond donors (Lipinski definition) is 1. The number of hydrogen-bond acceptors (Lipinski definition) is 3. The standard InChI is InChI=1S/C19H17NO4/c1-12(13-5-3-2-4-6-13)16-11-17(21)20(18(16)22)15-9-7-14(8-10-15)19(23)24/h2-10,12,16H,11H2,1H3,(H,23,24)/t12-,16+/m1/s1. The van der Waals surface area contributed by atoms with Crippen molar-refractivity contribution >= 4 is 23.5 Å². The summed E-state index contributed by atoms with van der Waals surface area (Å²) in [6.07, 6.45) is 0.162. The highest BCUT2D eigenvalue weighted by Crippen LogP contribution is 2.35. The first kappa shape index (κ1) is 15.9. The fourth-order valence-corrected chi connectivity index (χ4v) is 3.06. The molecule has 0 saturated carbocycles. The van der Waals surface area contributed by atoms with Crippen LogP contribution < -0.4 is 4.90 Å². The summed E-state index contributed by atoms with van der Waals surface area (Å²) in [5.41, 5.74) is 1.55. The van der Waals surface area contributed by atoms with E-state index in [1.54, 1.807) is 0 Å². The van der Waals surface area contributed by atoms with E-state index in [-0.39, 0.29) is 29.7 Å². The molecule has 5 nitrogen and oxygen atoms in total. The number of carbonyl (C=O) groups excluding carboxylic acids is 2. The molecule has 122 valence electrons. The van der Waals surface area contributed by atoms with Crippen LogP contribution in [0.3, 0.4) is 0 Å². The summed E-state index contributed by atoms with van der Waals surface area (Å²) >= 11 is 0. The van der Waals surface area contributed by atoms with Gasteiger partial charge in [-0.25, -0.2) is 4.79 Å². The Balaban J connectivity index is 1.85. The number of carboxylic acid groups (broad SMARTS) is 1. The van der Waals surface area contributed by atoms with Gasteiger partial charge in [0.2, 0.25) is 11.8 Å². The van der Waals surface area contributed by atoms with Crippen LogP contribution in [0.1, 0.15) is 35.2 Å². The Morgan fingerprint density at radius 1 is 1.08 bits per heavy atom. The molecule has 0 spiro atoms. The smallest absolute Gasteiger partial charge is 0.335 e. The van der Waals surface area contributed by atoms with Gasteiger partial charge in [-0.1, -0.05) is 37.3 Å². The summed E-state index contributed by atoms with van der Waals surface area (Å²) in [4.78, 5) is 37.2. The third kappa shape index (κ3) is 2.80. The molecule has 3 rings (SSSR count). The molecule has 0 radical (unpaired) electrons. The van der Waals surface area contributed by atoms with Gasteiger partial charge in [0.1, 0.15) is 0 Å². The molecule has 5 heteroatoms. The van der Waals surface area contributed by atoms with Gasteiger partial charge in [0.05, 0.1) is 17.2 Å². The zero-order chi connectivity index (χ0) is 17.3. The third-order valence-corrected chi connectivity index (χ3v) is 4.48. The zero-order valence-corrected chi connectivity index (χ0v) is 13.2. The van der Waals surface area contributed by atoms with Gasteiger partial charge in [0.25, 0.3) is 0 Å². The average molecular weight is 323 g/mol. The van der Waals surface area contributed by atoms with Crippen molar-refractivity contribution in [3.63, 3.8) is 0 Å². The van der Waals surface area contributed by atoms with E-state index in [2.05, 4.69) is 0 Å². The van der Waals surface area contributed by atoms with E-state index in [4.69, 9.17) is 5.11 Å². The molecule has 2 aromatic rings. The second-order valence-corrected chi connectivity index (χ2v) is 5.93. The van der Waals surface area contributed by atoms with E-state index in [9.17, 15) is 14.4 Å². The van der Waals surface area contributed by atoms with Gasteiger partial charge >= 0.3 is 5.97 Å². The third-order valence-electron chi connectivity index (χ3n) is 4.48. The highest BCUT2D eigenvalue weighted by molar-refractivity contribution is 6.21. The van der Waals surface area contributed by atoms with Crippen LogP contribution in [0.5, 0.6) is 0 Å². The highest BCUT2D eigenvalue weighted by Gasteiger charge is 2.42. The minimum Gasteiger partial charge on any atom is -0.478 e. The van der Waals surface area contributed by atoms with Crippen molar-refractivity contribution < 1.29 is 19.5 Å². The molecule has 2 amide bonds. The van der Waals surface area contributed by atoms with Gasteiger partial charge in [-0.15, -0.1) is 0 Å². The maximum Gasteiger partial charge on any atom is 0.335 e. The largest absolute Gasteiger partial charge is 0.478 e. The van der Waals surface area contributed by atoms with Gasteiger partial charge in [0, 0.05) is 6.42 Å². The maximum atomic E-state index is 12.7. The fraction of sp³-hybridized carbons (Fsp3) is 0.211. The second-order valence-electron chi connectivity index (χ2n) is 5.93. The molecule has 0 unspecified atom stereocenters. The summed E-state index contributed by atoms with van der Waals surface area (Å²) in [6.45, 7) is 1.95. The van der Waals surface area contributed by atoms with E-state index < -0.39 is 11.9 Å². The maximum absolute atomic E-state index is 12.7. The molecular weight excluding hydrogens is 306 g/mol. The molecule has 1 fully saturated rings. The average Bonchev–Trinajstić information content (AvgIpc) is 2.89. The lowest BCUT2D eigenvalue weighted by Crippen LogP contribution is -2.31. The summed E-state index contributed by atoms with van der Waals surface area (Å²) in [5, 5.41) is 8.94. The van der Waals surface area contributed by atoms with Crippen molar-refractivity contribution in [2.45, 2.75) is 19.3 Å². The number of nitrogens with zero attached hydrogens (tertiary/aromatic N) is 1. The van der Waals surface area contributed by atoms with E-state index in [0.717, 1.165) is 10.5 Å². The first-order chi connectivity index (χ1) is 11.5. The van der Waals surface area contributed by atoms with Crippen molar-refractivity contribution in [1.82, 2.24) is 0 Å². The van der Waals surface area contributed by atoms with Gasteiger partial charge in [-0.2, -0.15) is 0 Å². The predicted molar refractivity (Wildman–Crippen MR) is 88.9 cm³/mol. The van der Waals surface area contributed by atoms with Crippen LogP contribution in [0, 0.1) is 5.92 Å². The van der Waals surface area contributed by atoms with E-state index >= 15 is 0 Å². The number of carboxylic acids is 1. The summed E-state index contributed by atoms with van der Waals surface area (Å²) in [6, 6.07) is 15.4. The van der Waals surface area contributed by atoms with Gasteiger partial charge in [-0.05, 0) is 35.7 Å². The first-order valence-electron chi connectivity index (χ1n) is 7.74. The van der Waals surface area contributed by atoms with E-state index in [1.165, 1.54) is 24.3 Å². The van der Waals surface area contributed by atoms with Crippen LogP contribution in [0.4, 0.5) is 5.69 Å². The Labute approximate surface area is 139 Å². The number of anilines is 1. The fourth-order valence-electron chi connectivity index (χ4n) is 3.06. The molecule has 24 heavy (non-hydrogen) atoms. The Morgan fingerprint density at radius 2 is 1.71 bits per heavy atom. The van der Waals surface area contributed by atoms with Gasteiger partial charge in [0.15, 0.2) is 0 Å². The zero-order valence-electron chi connectivity index (χ0n) is 13.2. The van der Waals surface area contributed by atoms with Crippen molar-refractivity contribution in [2.75, 3.05) is 4.90 Å². The van der Waals surface area contributed by atoms with Crippen molar-refractivity contribution in [2.24, 2.45) is 5.92 Å². The van der Waals surface area contributed by atoms with Gasteiger partial charge in [-0.3, -0.25) is 14.5 Å². The van der Waals surface area contributed by atoms with E-state index in [0.29, 0.717) is 5.69 Å². The second kappa shape index (κ2) is 6.28. The molecule has 1 N–H and O–H groups in total. The molecule has 2 aromatic carbocycles. The van der Waals surface area contributed by atoms with Crippen LogP contribution >= 0.6 is 0 Å². The topological polar surface area (TPSA) is 74.7 Å². The van der Waals surface area contributed by atoms with Crippen molar-refractivity contribution in [3.05, 3.63) is 65.7 Å². The quantitative estimate of drug-likeness (QED) is 0.878. The monoisotopic (exact) mass is 323 g/mol. The summed E-state index contributed by atoms with van der Waals surface area (Å²) < 4.78 is 0. The van der Waals surface area contributed by atoms with Crippen LogP contribution in [0.25, 0.3) is 0 Å². The van der Waals surface area contributed by atoms with Crippen LogP contribution in [-0.2, 0) is 9.59 Å². The number of imide groups is 1. The molecule has 1 saturated heterocycles. The minimum absolute atomic E-state index is 0.0639. The highest BCUT2D eigenvalue weighted by atomic mass is 16.4. The molecular formula is C19H17NO4. The van der Waals surface area contributed by atoms with E-state index in [1.807, 2.05) is 37.3 Å². The SMILES string of the molecule is C[C@H](c1ccccc1)[C@@H]1CC(=O)N(c2ccc(C(=O)O)cc2)C1=O. The number of carbonyl (C=O) groups is 3. The Kier molecular flexibility index (Phi) is 4.16. The Hall–Kier alpha value is -2.95. The van der Waals surface area contributed by atoms with Gasteiger partial charge < -0.3 is 5.11 Å². The first-order valence-corrected chi connectivity index (χ1v) is 7.74. The predicted octanol–water partition coefficient (Wildman–Crippen LogP) is 3.07. The lowest BCUT2D eigenvalue weighted by Gasteiger charge is -2.19. The van der Waals surface area contributed by atoms with Crippen molar-refractivity contribution in [3.8, 4) is 0 Å². The lowest BCUT2D eigenvalue weighted by molar-refractivity contribution is -0.122. The normalized spacial score (nSPS) is 18.7. The molecule has 1 aliphatic heterocycles. The van der Waals surface area contributed by atoms with Crippen LogP contribution in [-0.4, -0.2) is 22.9 Å². The number of aromatic carboxylic acids is 1. The summed E-state index contributed by atoms with van der Waals surface area (Å²) in [5.74, 6) is -2.00. The van der Waals surface area contributed by atoms with Crippen LogP contribution in [0.2, 0.25) is 0 Å². The molecule has 0 aliphatic carbocycles. The number of benzene rings is 2. The van der Waals surface area contributed by atoms with Crippen molar-refractivity contribution in [1.29, 1.82) is 0 Å². The molecule has 1 aliphatic rings. The molecule has 2 atom stereocenters. The molecule has 0 aromatic heterocycles. The summed E-state index contributed by atoms with van der Waals surface area (Å²) in [7, 11) is 0. The minimum atomic E-state index is -1.05. The Bertz CT molecular complexity index is 783. The molecule has 1 heterocycles. The number of rotatable bonds is 4. The molecule has 0 bridgehead atoms.